The fraction of sp³-hybridized carbons (Fsp3) is 0.316. The molecule has 0 bridgehead atoms. The zero-order chi connectivity index (χ0) is 15.5. The van der Waals surface area contributed by atoms with E-state index in [1.54, 1.807) is 14.2 Å². The molecule has 1 heterocycles. The topological polar surface area (TPSA) is 21.5 Å². The highest BCUT2D eigenvalue weighted by Crippen LogP contribution is 2.33. The van der Waals surface area contributed by atoms with Gasteiger partial charge in [-0.05, 0) is 36.8 Å². The monoisotopic (exact) mass is 296 g/mol. The summed E-state index contributed by atoms with van der Waals surface area (Å²) in [5.74, 6) is 1.59. The smallest absolute Gasteiger partial charge is 0.214 e. The number of likely N-dealkylation sites (N-methyl/N-ethyl adjacent to an activating group) is 1. The molecule has 2 aromatic carbocycles. The van der Waals surface area contributed by atoms with Gasteiger partial charge in [-0.3, -0.25) is 0 Å². The third kappa shape index (κ3) is 2.47. The van der Waals surface area contributed by atoms with Gasteiger partial charge in [-0.25, -0.2) is 4.58 Å². The third-order valence-electron chi connectivity index (χ3n) is 4.26. The van der Waals surface area contributed by atoms with E-state index < -0.39 is 0 Å². The molecule has 0 N–H and O–H groups in total. The predicted molar refractivity (Wildman–Crippen MR) is 88.6 cm³/mol. The fourth-order valence-electron chi connectivity index (χ4n) is 3.14. The van der Waals surface area contributed by atoms with E-state index >= 15 is 0 Å². The lowest BCUT2D eigenvalue weighted by atomic mass is 9.92. The lowest BCUT2D eigenvalue weighted by Gasteiger charge is -2.20. The van der Waals surface area contributed by atoms with E-state index in [0.29, 0.717) is 0 Å². The van der Waals surface area contributed by atoms with Crippen molar-refractivity contribution >= 4 is 5.71 Å². The van der Waals surface area contributed by atoms with Gasteiger partial charge < -0.3 is 9.47 Å². The zero-order valence-electron chi connectivity index (χ0n) is 13.4. The summed E-state index contributed by atoms with van der Waals surface area (Å²) in [6.45, 7) is 4.23. The summed E-state index contributed by atoms with van der Waals surface area (Å²) in [5, 5.41) is 0. The number of benzene rings is 2. The predicted octanol–water partition coefficient (Wildman–Crippen LogP) is 3.13. The molecule has 0 atom stereocenters. The average Bonchev–Trinajstić information content (AvgIpc) is 2.60. The van der Waals surface area contributed by atoms with E-state index in [-0.39, 0.29) is 0 Å². The van der Waals surface area contributed by atoms with Gasteiger partial charge in [-0.15, -0.1) is 0 Å². The number of nitrogens with zero attached hydrogens (tertiary/aromatic N) is 1. The Kier molecular flexibility index (Phi) is 4.14. The molecular weight excluding hydrogens is 274 g/mol. The molecule has 2 aromatic rings. The van der Waals surface area contributed by atoms with Gasteiger partial charge in [0, 0.05) is 12.0 Å². The first kappa shape index (κ1) is 14.6. The van der Waals surface area contributed by atoms with Gasteiger partial charge in [0.2, 0.25) is 5.71 Å². The van der Waals surface area contributed by atoms with Gasteiger partial charge in [0.1, 0.15) is 13.1 Å². The minimum Gasteiger partial charge on any atom is -0.493 e. The molecule has 22 heavy (non-hydrogen) atoms. The van der Waals surface area contributed by atoms with Crippen LogP contribution >= 0.6 is 0 Å². The molecule has 0 saturated heterocycles. The number of methoxy groups -OCH3 is 2. The summed E-state index contributed by atoms with van der Waals surface area (Å²) in [6.07, 6.45) is 1.03. The minimum atomic E-state index is 0.785. The van der Waals surface area contributed by atoms with Gasteiger partial charge >= 0.3 is 0 Å². The Bertz CT molecular complexity index is 705. The van der Waals surface area contributed by atoms with Crippen LogP contribution in [0.15, 0.2) is 42.5 Å². The molecule has 0 aliphatic carbocycles. The number of hydrogen-bond donors (Lipinski definition) is 0. The largest absolute Gasteiger partial charge is 0.493 e. The molecular formula is C19H22NO2+. The van der Waals surface area contributed by atoms with Crippen LogP contribution in [0.3, 0.4) is 0 Å². The highest BCUT2D eigenvalue weighted by Gasteiger charge is 2.28. The normalized spacial score (nSPS) is 13.8. The Morgan fingerprint density at radius 1 is 1.00 bits per heavy atom. The van der Waals surface area contributed by atoms with Crippen molar-refractivity contribution in [2.45, 2.75) is 13.3 Å². The third-order valence-corrected chi connectivity index (χ3v) is 4.26. The van der Waals surface area contributed by atoms with Crippen molar-refractivity contribution < 1.29 is 14.0 Å². The van der Waals surface area contributed by atoms with Crippen LogP contribution in [0, 0.1) is 0 Å². The highest BCUT2D eigenvalue weighted by molar-refractivity contribution is 6.11. The summed E-state index contributed by atoms with van der Waals surface area (Å²) in [4.78, 5) is 0. The highest BCUT2D eigenvalue weighted by atomic mass is 16.5. The van der Waals surface area contributed by atoms with E-state index in [1.165, 1.54) is 22.4 Å². The van der Waals surface area contributed by atoms with Crippen LogP contribution in [-0.2, 0) is 6.42 Å². The Morgan fingerprint density at radius 3 is 2.32 bits per heavy atom. The fourth-order valence-corrected chi connectivity index (χ4v) is 3.14. The molecule has 0 spiro atoms. The first-order chi connectivity index (χ1) is 10.8. The second-order valence-corrected chi connectivity index (χ2v) is 5.41. The molecule has 3 nitrogen and oxygen atoms in total. The van der Waals surface area contributed by atoms with E-state index in [0.717, 1.165) is 31.0 Å². The van der Waals surface area contributed by atoms with Crippen LogP contribution in [0.5, 0.6) is 11.5 Å². The summed E-state index contributed by atoms with van der Waals surface area (Å²) in [6, 6.07) is 14.8. The lowest BCUT2D eigenvalue weighted by molar-refractivity contribution is -0.524. The van der Waals surface area contributed by atoms with Crippen LogP contribution in [0.1, 0.15) is 23.6 Å². The van der Waals surface area contributed by atoms with E-state index in [2.05, 4.69) is 54.0 Å². The maximum atomic E-state index is 5.50. The summed E-state index contributed by atoms with van der Waals surface area (Å²) < 4.78 is 13.4. The first-order valence-corrected chi connectivity index (χ1v) is 7.71. The van der Waals surface area contributed by atoms with Gasteiger partial charge in [-0.2, -0.15) is 0 Å². The molecule has 1 aliphatic heterocycles. The van der Waals surface area contributed by atoms with E-state index in [4.69, 9.17) is 9.47 Å². The van der Waals surface area contributed by atoms with Crippen molar-refractivity contribution in [3.05, 3.63) is 59.2 Å². The number of fused-ring (bicyclic) bond motifs is 1. The number of ether oxygens (including phenoxy) is 2. The maximum absolute atomic E-state index is 5.50. The van der Waals surface area contributed by atoms with E-state index in [9.17, 15) is 0 Å². The van der Waals surface area contributed by atoms with Crippen LogP contribution in [0.25, 0.3) is 0 Å². The van der Waals surface area contributed by atoms with E-state index in [1.807, 2.05) is 0 Å². The minimum absolute atomic E-state index is 0.785. The van der Waals surface area contributed by atoms with Crippen molar-refractivity contribution in [3.63, 3.8) is 0 Å². The van der Waals surface area contributed by atoms with Crippen LogP contribution in [0.4, 0.5) is 0 Å². The molecule has 0 unspecified atom stereocenters. The summed E-state index contributed by atoms with van der Waals surface area (Å²) in [7, 11) is 3.38. The maximum Gasteiger partial charge on any atom is 0.214 e. The van der Waals surface area contributed by atoms with Crippen molar-refractivity contribution in [2.75, 3.05) is 27.3 Å². The molecule has 3 rings (SSSR count). The Labute approximate surface area is 131 Å². The summed E-state index contributed by atoms with van der Waals surface area (Å²) >= 11 is 0. The standard InChI is InChI=1S/C19H22NO2/c1-4-20-11-10-15-12-17(21-2)18(22-3)13-16(15)19(20)14-8-6-5-7-9-14/h5-9,12-13H,4,10-11H2,1-3H3/q+1. The molecule has 0 fully saturated rings. The van der Waals surface area contributed by atoms with Crippen LogP contribution in [-0.4, -0.2) is 37.6 Å². The van der Waals surface area contributed by atoms with Gasteiger partial charge in [0.05, 0.1) is 19.8 Å². The summed E-state index contributed by atoms with van der Waals surface area (Å²) in [5.41, 5.74) is 5.10. The second-order valence-electron chi connectivity index (χ2n) is 5.41. The van der Waals surface area contributed by atoms with Crippen molar-refractivity contribution in [3.8, 4) is 11.5 Å². The molecule has 0 radical (unpaired) electrons. The molecule has 1 aliphatic rings. The molecule has 0 amide bonds. The van der Waals surface area contributed by atoms with Crippen LogP contribution < -0.4 is 9.47 Å². The lowest BCUT2D eigenvalue weighted by Crippen LogP contribution is -2.30. The number of rotatable bonds is 4. The Balaban J connectivity index is 2.22. The SMILES string of the molecule is CC[N+]1=C(c2ccccc2)c2cc(OC)c(OC)cc2CC1. The second kappa shape index (κ2) is 6.22. The Hall–Kier alpha value is -2.29. The average molecular weight is 296 g/mol. The molecule has 3 heteroatoms. The quantitative estimate of drug-likeness (QED) is 0.809. The van der Waals surface area contributed by atoms with Gasteiger partial charge in [0.15, 0.2) is 11.5 Å². The van der Waals surface area contributed by atoms with Gasteiger partial charge in [0.25, 0.3) is 0 Å². The van der Waals surface area contributed by atoms with Crippen molar-refractivity contribution in [1.82, 2.24) is 0 Å². The molecule has 0 aromatic heterocycles. The zero-order valence-corrected chi connectivity index (χ0v) is 13.4. The van der Waals surface area contributed by atoms with Gasteiger partial charge in [-0.1, -0.05) is 18.2 Å². The number of hydrogen-bond acceptors (Lipinski definition) is 2. The van der Waals surface area contributed by atoms with Crippen LogP contribution in [0.2, 0.25) is 0 Å². The van der Waals surface area contributed by atoms with Crippen molar-refractivity contribution in [1.29, 1.82) is 0 Å². The van der Waals surface area contributed by atoms with Crippen molar-refractivity contribution in [2.24, 2.45) is 0 Å². The first-order valence-electron chi connectivity index (χ1n) is 7.71. The molecule has 114 valence electrons. The Morgan fingerprint density at radius 2 is 1.68 bits per heavy atom. The molecule has 0 saturated carbocycles.